The third kappa shape index (κ3) is 5.75. The molecule has 3 heterocycles. The maximum atomic E-state index is 15.0. The molecule has 3 N–H and O–H groups in total. The van der Waals surface area contributed by atoms with Crippen LogP contribution in [-0.4, -0.2) is 43.4 Å². The molecular weight excluding hydrogens is 555 g/mol. The highest BCUT2D eigenvalue weighted by molar-refractivity contribution is 7.84. The van der Waals surface area contributed by atoms with Crippen molar-refractivity contribution in [3.63, 3.8) is 0 Å². The maximum Gasteiger partial charge on any atom is 0.333 e. The van der Waals surface area contributed by atoms with Crippen LogP contribution in [0.5, 0.6) is 0 Å². The zero-order valence-corrected chi connectivity index (χ0v) is 22.8. The van der Waals surface area contributed by atoms with Crippen molar-refractivity contribution in [2.45, 2.75) is 44.8 Å². The van der Waals surface area contributed by atoms with Crippen LogP contribution in [0.1, 0.15) is 62.2 Å². The summed E-state index contributed by atoms with van der Waals surface area (Å²) in [7, 11) is -3.99. The fourth-order valence-electron chi connectivity index (χ4n) is 5.08. The van der Waals surface area contributed by atoms with Gasteiger partial charge in [-0.05, 0) is 61.8 Å². The van der Waals surface area contributed by atoms with E-state index in [0.717, 1.165) is 28.8 Å². The van der Waals surface area contributed by atoms with Gasteiger partial charge in [0.05, 0.1) is 28.7 Å². The summed E-state index contributed by atoms with van der Waals surface area (Å²) in [4.78, 5) is 23.2. The quantitative estimate of drug-likeness (QED) is 0.376. The number of benzene rings is 1. The van der Waals surface area contributed by atoms with Crippen LogP contribution in [0.25, 0.3) is 0 Å². The van der Waals surface area contributed by atoms with Gasteiger partial charge < -0.3 is 10.1 Å². The number of hydrogen-bond donors (Lipinski definition) is 2. The zero-order valence-electron chi connectivity index (χ0n) is 20.4. The molecule has 13 heteroatoms. The van der Waals surface area contributed by atoms with Gasteiger partial charge in [0.2, 0.25) is 5.78 Å². The first-order valence-corrected chi connectivity index (χ1v) is 14.7. The number of anilines is 1. The molecule has 1 aromatic carbocycles. The van der Waals surface area contributed by atoms with Gasteiger partial charge in [-0.25, -0.2) is 19.5 Å². The van der Waals surface area contributed by atoms with Gasteiger partial charge in [0.15, 0.2) is 0 Å². The van der Waals surface area contributed by atoms with E-state index in [1.54, 1.807) is 12.1 Å². The third-order valence-electron chi connectivity index (χ3n) is 6.91. The second-order valence-electron chi connectivity index (χ2n) is 9.47. The number of rotatable bonds is 8. The SMILES string of the molecule is Cc1sc(C(=O)c2cncnc2N[C@H]2CC[C@@H](COS(N)(=O)=O)C2)cc1C1OCCc2ccc(Cl)c(F)c21. The number of aromatic nitrogens is 2. The van der Waals surface area contributed by atoms with Gasteiger partial charge in [-0.2, -0.15) is 8.42 Å². The Balaban J connectivity index is 1.36. The summed E-state index contributed by atoms with van der Waals surface area (Å²) in [6.45, 7) is 2.32. The number of nitrogens with two attached hydrogens (primary N) is 1. The second kappa shape index (κ2) is 10.9. The fraction of sp³-hybridized carbons (Fsp3) is 0.400. The van der Waals surface area contributed by atoms with E-state index in [0.29, 0.717) is 41.3 Å². The van der Waals surface area contributed by atoms with Crippen molar-refractivity contribution >= 4 is 44.8 Å². The molecule has 2 aliphatic rings. The van der Waals surface area contributed by atoms with E-state index in [4.69, 9.17) is 25.7 Å². The highest BCUT2D eigenvalue weighted by Gasteiger charge is 2.32. The average Bonchev–Trinajstić information content (AvgIpc) is 3.50. The normalized spacial score (nSPS) is 21.3. The molecule has 202 valence electrons. The molecule has 2 aromatic heterocycles. The molecule has 0 bridgehead atoms. The summed E-state index contributed by atoms with van der Waals surface area (Å²) in [5.41, 5.74) is 2.29. The highest BCUT2D eigenvalue weighted by atomic mass is 35.5. The van der Waals surface area contributed by atoms with Gasteiger partial charge in [0.25, 0.3) is 0 Å². The number of hydrogen-bond acceptors (Lipinski definition) is 9. The van der Waals surface area contributed by atoms with Gasteiger partial charge in [-0.3, -0.25) is 8.98 Å². The lowest BCUT2D eigenvalue weighted by Gasteiger charge is -2.27. The van der Waals surface area contributed by atoms with E-state index in [1.165, 1.54) is 23.9 Å². The number of nitrogens with zero attached hydrogens (tertiary/aromatic N) is 2. The zero-order chi connectivity index (χ0) is 27.0. The van der Waals surface area contributed by atoms with Crippen molar-refractivity contribution in [2.24, 2.45) is 11.1 Å². The summed E-state index contributed by atoms with van der Waals surface area (Å²) in [6.07, 6.45) is 4.90. The Labute approximate surface area is 228 Å². The number of fused-ring (bicyclic) bond motifs is 1. The second-order valence-corrected chi connectivity index (χ2v) is 12.4. The summed E-state index contributed by atoms with van der Waals surface area (Å²) in [5, 5.41) is 8.27. The lowest BCUT2D eigenvalue weighted by molar-refractivity contribution is 0.0668. The minimum absolute atomic E-state index is 0.0154. The first kappa shape index (κ1) is 27.1. The standard InChI is InChI=1S/C25H26ClFN4O5S2/c1-13-17(24-21-15(6-7-35-24)3-5-19(26)22(21)27)9-20(37-13)23(32)18-10-29-12-30-25(18)31-16-4-2-14(8-16)11-36-38(28,33)34/h3,5,9-10,12,14,16,24H,2,4,6-8,11H2,1H3,(H2,28,33,34)(H,29,30,31)/t14-,16+,24?/m1/s1. The number of thiophene rings is 1. The number of carbonyl (C=O) groups is 1. The summed E-state index contributed by atoms with van der Waals surface area (Å²) >= 11 is 7.37. The molecule has 3 atom stereocenters. The van der Waals surface area contributed by atoms with Crippen molar-refractivity contribution in [3.8, 4) is 0 Å². The molecule has 1 aliphatic heterocycles. The van der Waals surface area contributed by atoms with Crippen LogP contribution >= 0.6 is 22.9 Å². The van der Waals surface area contributed by atoms with Gasteiger partial charge >= 0.3 is 10.3 Å². The van der Waals surface area contributed by atoms with Crippen LogP contribution in [-0.2, 0) is 25.6 Å². The summed E-state index contributed by atoms with van der Waals surface area (Å²) in [6, 6.07) is 5.09. The van der Waals surface area contributed by atoms with Crippen LogP contribution in [0.4, 0.5) is 10.2 Å². The number of ether oxygens (including phenoxy) is 1. The summed E-state index contributed by atoms with van der Waals surface area (Å²) < 4.78 is 47.9. The van der Waals surface area contributed by atoms with Gasteiger partial charge in [-0.15, -0.1) is 11.3 Å². The molecule has 0 amide bonds. The summed E-state index contributed by atoms with van der Waals surface area (Å²) in [5.74, 6) is -0.351. The van der Waals surface area contributed by atoms with Crippen molar-refractivity contribution in [1.82, 2.24) is 9.97 Å². The van der Waals surface area contributed by atoms with Gasteiger partial charge in [0, 0.05) is 22.7 Å². The molecule has 0 saturated heterocycles. The van der Waals surface area contributed by atoms with E-state index in [-0.39, 0.29) is 29.4 Å². The predicted molar refractivity (Wildman–Crippen MR) is 141 cm³/mol. The van der Waals surface area contributed by atoms with Crippen molar-refractivity contribution in [1.29, 1.82) is 0 Å². The Morgan fingerprint density at radius 1 is 1.37 bits per heavy atom. The Hall–Kier alpha value is -2.48. The molecule has 1 aliphatic carbocycles. The fourth-order valence-corrected chi connectivity index (χ4v) is 6.63. The average molecular weight is 581 g/mol. The molecule has 38 heavy (non-hydrogen) atoms. The first-order valence-electron chi connectivity index (χ1n) is 12.1. The Morgan fingerprint density at radius 3 is 2.97 bits per heavy atom. The molecule has 9 nitrogen and oxygen atoms in total. The van der Waals surface area contributed by atoms with E-state index in [9.17, 15) is 13.2 Å². The first-order chi connectivity index (χ1) is 18.1. The molecule has 1 saturated carbocycles. The van der Waals surface area contributed by atoms with Crippen molar-refractivity contribution in [3.05, 3.63) is 73.6 Å². The topological polar surface area (TPSA) is 133 Å². The third-order valence-corrected chi connectivity index (χ3v) is 8.73. The smallest absolute Gasteiger partial charge is 0.333 e. The largest absolute Gasteiger partial charge is 0.368 e. The molecule has 0 radical (unpaired) electrons. The molecule has 1 fully saturated rings. The monoisotopic (exact) mass is 580 g/mol. The number of halogens is 2. The predicted octanol–water partition coefficient (Wildman–Crippen LogP) is 4.33. The van der Waals surface area contributed by atoms with Crippen LogP contribution < -0.4 is 10.5 Å². The van der Waals surface area contributed by atoms with Crippen molar-refractivity contribution in [2.75, 3.05) is 18.5 Å². The number of carbonyl (C=O) groups excluding carboxylic acids is 1. The number of aryl methyl sites for hydroxylation is 1. The minimum atomic E-state index is -3.99. The minimum Gasteiger partial charge on any atom is -0.368 e. The molecule has 3 aromatic rings. The van der Waals surface area contributed by atoms with E-state index in [2.05, 4.69) is 15.3 Å². The molecular formula is C25H26ClFN4O5S2. The van der Waals surface area contributed by atoms with Crippen LogP contribution in [0.2, 0.25) is 5.02 Å². The number of ketones is 1. The van der Waals surface area contributed by atoms with Crippen LogP contribution in [0.3, 0.4) is 0 Å². The van der Waals surface area contributed by atoms with E-state index >= 15 is 4.39 Å². The molecule has 5 rings (SSSR count). The maximum absolute atomic E-state index is 15.0. The lowest BCUT2D eigenvalue weighted by atomic mass is 9.92. The van der Waals surface area contributed by atoms with Gasteiger partial charge in [-0.1, -0.05) is 17.7 Å². The molecule has 1 unspecified atom stereocenters. The number of nitrogens with one attached hydrogen (secondary N) is 1. The lowest BCUT2D eigenvalue weighted by Crippen LogP contribution is -2.22. The Kier molecular flexibility index (Phi) is 7.81. The van der Waals surface area contributed by atoms with Gasteiger partial charge in [0.1, 0.15) is 24.1 Å². The van der Waals surface area contributed by atoms with Crippen LogP contribution in [0, 0.1) is 18.7 Å². The Morgan fingerprint density at radius 2 is 2.18 bits per heavy atom. The van der Waals surface area contributed by atoms with E-state index < -0.39 is 22.2 Å². The van der Waals surface area contributed by atoms with E-state index in [1.807, 2.05) is 13.0 Å². The van der Waals surface area contributed by atoms with Crippen molar-refractivity contribution < 1.29 is 26.5 Å². The Bertz CT molecular complexity index is 1480. The molecule has 0 spiro atoms. The van der Waals surface area contributed by atoms with Crippen LogP contribution in [0.15, 0.2) is 30.7 Å². The highest BCUT2D eigenvalue weighted by Crippen LogP contribution is 2.41.